The number of rotatable bonds is 2. The number of hydrogen-bond acceptors (Lipinski definition) is 3. The molecule has 1 spiro atoms. The van der Waals surface area contributed by atoms with Crippen molar-refractivity contribution in [3.05, 3.63) is 45.8 Å². The van der Waals surface area contributed by atoms with E-state index in [2.05, 4.69) is 5.32 Å². The van der Waals surface area contributed by atoms with Gasteiger partial charge < -0.3 is 10.2 Å². The molecule has 2 aliphatic rings. The standard InChI is InChI=1S/C18H14ClF3N2O2S/c19-12-7-13(10-3-1-2-4-11(10)18(20,21)22)27-15(12)16(26)24-8-17(9-24)6-5-14(25)23-17/h1-4,7H,5-6,8-9H2,(H,23,25). The van der Waals surface area contributed by atoms with Crippen LogP contribution in [0.25, 0.3) is 10.4 Å². The quantitative estimate of drug-likeness (QED) is 0.801. The van der Waals surface area contributed by atoms with Crippen molar-refractivity contribution in [1.29, 1.82) is 0 Å². The summed E-state index contributed by atoms with van der Waals surface area (Å²) in [6.45, 7) is 0.778. The van der Waals surface area contributed by atoms with Crippen LogP contribution in [0.1, 0.15) is 28.1 Å². The predicted molar refractivity (Wildman–Crippen MR) is 95.8 cm³/mol. The van der Waals surface area contributed by atoms with E-state index in [1.165, 1.54) is 24.3 Å². The number of alkyl halides is 3. The predicted octanol–water partition coefficient (Wildman–Crippen LogP) is 4.19. The number of carbonyl (C=O) groups excluding carboxylic acids is 2. The summed E-state index contributed by atoms with van der Waals surface area (Å²) in [5, 5.41) is 3.02. The third-order valence-electron chi connectivity index (χ3n) is 4.89. The molecule has 27 heavy (non-hydrogen) atoms. The second kappa shape index (κ2) is 6.24. The summed E-state index contributed by atoms with van der Waals surface area (Å²) >= 11 is 7.12. The molecule has 0 unspecified atom stereocenters. The first-order valence-corrected chi connectivity index (χ1v) is 9.44. The minimum Gasteiger partial charge on any atom is -0.347 e. The normalized spacial score (nSPS) is 18.5. The number of likely N-dealkylation sites (tertiary alicyclic amines) is 1. The van der Waals surface area contributed by atoms with Gasteiger partial charge in [-0.25, -0.2) is 0 Å². The monoisotopic (exact) mass is 414 g/mol. The fourth-order valence-corrected chi connectivity index (χ4v) is 5.00. The summed E-state index contributed by atoms with van der Waals surface area (Å²) in [6.07, 6.45) is -3.38. The Hall–Kier alpha value is -2.06. The van der Waals surface area contributed by atoms with Crippen LogP contribution in [0, 0.1) is 0 Å². The molecule has 1 aromatic carbocycles. The zero-order valence-corrected chi connectivity index (χ0v) is 15.5. The van der Waals surface area contributed by atoms with Gasteiger partial charge in [0.2, 0.25) is 5.91 Å². The number of hydrogen-bond donors (Lipinski definition) is 1. The van der Waals surface area contributed by atoms with Crippen LogP contribution in [0.2, 0.25) is 5.02 Å². The molecule has 2 aliphatic heterocycles. The number of carbonyl (C=O) groups is 2. The first-order chi connectivity index (χ1) is 12.7. The minimum atomic E-state index is -4.50. The van der Waals surface area contributed by atoms with Crippen molar-refractivity contribution in [2.75, 3.05) is 13.1 Å². The fraction of sp³-hybridized carbons (Fsp3) is 0.333. The number of thiophene rings is 1. The van der Waals surface area contributed by atoms with Gasteiger partial charge in [-0.05, 0) is 18.6 Å². The summed E-state index contributed by atoms with van der Waals surface area (Å²) in [5.74, 6) is -0.352. The first kappa shape index (κ1) is 18.3. The lowest BCUT2D eigenvalue weighted by molar-refractivity contribution is -0.137. The van der Waals surface area contributed by atoms with E-state index < -0.39 is 11.7 Å². The maximum absolute atomic E-state index is 13.3. The van der Waals surface area contributed by atoms with E-state index in [1.54, 1.807) is 4.90 Å². The summed E-state index contributed by atoms with van der Waals surface area (Å²) in [6, 6.07) is 6.61. The fourth-order valence-electron chi connectivity index (χ4n) is 3.57. The molecule has 1 aromatic heterocycles. The highest BCUT2D eigenvalue weighted by Crippen LogP contribution is 2.42. The molecule has 3 heterocycles. The number of halogens is 4. The van der Waals surface area contributed by atoms with Gasteiger partial charge in [-0.15, -0.1) is 11.3 Å². The Balaban J connectivity index is 1.58. The number of benzene rings is 1. The smallest absolute Gasteiger partial charge is 0.347 e. The molecule has 142 valence electrons. The SMILES string of the molecule is O=C1CCC2(CN(C(=O)c3sc(-c4ccccc4C(F)(F)F)cc3Cl)C2)N1. The van der Waals surface area contributed by atoms with Gasteiger partial charge in [0.1, 0.15) is 4.88 Å². The molecule has 4 nitrogen and oxygen atoms in total. The summed E-state index contributed by atoms with van der Waals surface area (Å²) in [7, 11) is 0. The maximum Gasteiger partial charge on any atom is 0.417 e. The lowest BCUT2D eigenvalue weighted by Gasteiger charge is -2.47. The van der Waals surface area contributed by atoms with E-state index in [9.17, 15) is 22.8 Å². The van der Waals surface area contributed by atoms with E-state index in [1.807, 2.05) is 0 Å². The molecule has 0 radical (unpaired) electrons. The Morgan fingerprint density at radius 1 is 1.26 bits per heavy atom. The van der Waals surface area contributed by atoms with E-state index in [0.717, 1.165) is 17.4 Å². The Labute approximate surface area is 161 Å². The van der Waals surface area contributed by atoms with Gasteiger partial charge in [0.25, 0.3) is 5.91 Å². The van der Waals surface area contributed by atoms with Crippen molar-refractivity contribution in [3.63, 3.8) is 0 Å². The minimum absolute atomic E-state index is 0.000846. The molecular weight excluding hydrogens is 401 g/mol. The maximum atomic E-state index is 13.3. The highest BCUT2D eigenvalue weighted by atomic mass is 35.5. The molecule has 2 saturated heterocycles. The van der Waals surface area contributed by atoms with Crippen LogP contribution in [0.3, 0.4) is 0 Å². The Morgan fingerprint density at radius 2 is 1.96 bits per heavy atom. The Kier molecular flexibility index (Phi) is 4.23. The molecule has 1 N–H and O–H groups in total. The molecule has 2 fully saturated rings. The van der Waals surface area contributed by atoms with Crippen LogP contribution in [0.4, 0.5) is 13.2 Å². The highest BCUT2D eigenvalue weighted by Gasteiger charge is 2.49. The van der Waals surface area contributed by atoms with Gasteiger partial charge in [-0.3, -0.25) is 9.59 Å². The van der Waals surface area contributed by atoms with Crippen molar-refractivity contribution < 1.29 is 22.8 Å². The lowest BCUT2D eigenvalue weighted by atomic mass is 9.88. The summed E-state index contributed by atoms with van der Waals surface area (Å²) in [5.41, 5.74) is -1.13. The molecule has 2 amide bonds. The lowest BCUT2D eigenvalue weighted by Crippen LogP contribution is -2.68. The van der Waals surface area contributed by atoms with Crippen LogP contribution in [-0.2, 0) is 11.0 Å². The van der Waals surface area contributed by atoms with Crippen LogP contribution >= 0.6 is 22.9 Å². The largest absolute Gasteiger partial charge is 0.417 e. The molecular formula is C18H14ClF3N2O2S. The highest BCUT2D eigenvalue weighted by molar-refractivity contribution is 7.18. The number of amides is 2. The molecule has 0 atom stereocenters. The van der Waals surface area contributed by atoms with Crippen LogP contribution in [-0.4, -0.2) is 35.3 Å². The van der Waals surface area contributed by atoms with Gasteiger partial charge in [-0.1, -0.05) is 29.8 Å². The van der Waals surface area contributed by atoms with Crippen molar-refractivity contribution in [2.24, 2.45) is 0 Å². The second-order valence-electron chi connectivity index (χ2n) is 6.82. The summed E-state index contributed by atoms with van der Waals surface area (Å²) < 4.78 is 39.8. The molecule has 2 aromatic rings. The van der Waals surface area contributed by atoms with E-state index in [-0.39, 0.29) is 32.8 Å². The number of nitrogens with zero attached hydrogens (tertiary/aromatic N) is 1. The van der Waals surface area contributed by atoms with E-state index >= 15 is 0 Å². The van der Waals surface area contributed by atoms with E-state index in [0.29, 0.717) is 30.8 Å². The Bertz CT molecular complexity index is 935. The molecule has 4 rings (SSSR count). The molecule has 0 bridgehead atoms. The van der Waals surface area contributed by atoms with Gasteiger partial charge in [-0.2, -0.15) is 13.2 Å². The van der Waals surface area contributed by atoms with Gasteiger partial charge >= 0.3 is 6.18 Å². The van der Waals surface area contributed by atoms with E-state index in [4.69, 9.17) is 11.6 Å². The third kappa shape index (κ3) is 3.21. The van der Waals surface area contributed by atoms with Crippen LogP contribution < -0.4 is 5.32 Å². The molecule has 9 heteroatoms. The topological polar surface area (TPSA) is 49.4 Å². The zero-order chi connectivity index (χ0) is 19.4. The second-order valence-corrected chi connectivity index (χ2v) is 8.28. The number of nitrogens with one attached hydrogen (secondary N) is 1. The Morgan fingerprint density at radius 3 is 2.59 bits per heavy atom. The van der Waals surface area contributed by atoms with Crippen molar-refractivity contribution in [1.82, 2.24) is 10.2 Å². The van der Waals surface area contributed by atoms with Crippen molar-refractivity contribution in [2.45, 2.75) is 24.6 Å². The zero-order valence-electron chi connectivity index (χ0n) is 13.9. The summed E-state index contributed by atoms with van der Waals surface area (Å²) in [4.78, 5) is 26.2. The van der Waals surface area contributed by atoms with Crippen LogP contribution in [0.15, 0.2) is 30.3 Å². The molecule has 0 saturated carbocycles. The molecule has 0 aliphatic carbocycles. The third-order valence-corrected chi connectivity index (χ3v) is 6.45. The first-order valence-electron chi connectivity index (χ1n) is 8.25. The van der Waals surface area contributed by atoms with Crippen molar-refractivity contribution in [3.8, 4) is 10.4 Å². The van der Waals surface area contributed by atoms with Gasteiger partial charge in [0, 0.05) is 30.0 Å². The average molecular weight is 415 g/mol. The van der Waals surface area contributed by atoms with Crippen LogP contribution in [0.5, 0.6) is 0 Å². The van der Waals surface area contributed by atoms with Crippen molar-refractivity contribution >= 4 is 34.8 Å². The average Bonchev–Trinajstić information content (AvgIpc) is 3.15. The van der Waals surface area contributed by atoms with Gasteiger partial charge in [0.05, 0.1) is 16.1 Å². The van der Waals surface area contributed by atoms with Gasteiger partial charge in [0.15, 0.2) is 0 Å².